The summed E-state index contributed by atoms with van der Waals surface area (Å²) < 4.78 is 63.5. The minimum absolute atomic E-state index is 0.215. The molecule has 4 N–H and O–H groups in total. The summed E-state index contributed by atoms with van der Waals surface area (Å²) in [6.07, 6.45) is -1.34. The molecule has 2 aromatic rings. The normalized spacial score (nSPS) is 20.8. The van der Waals surface area contributed by atoms with Crippen molar-refractivity contribution in [1.82, 2.24) is 9.97 Å². The van der Waals surface area contributed by atoms with E-state index in [9.17, 15) is 26.3 Å². The van der Waals surface area contributed by atoms with Crippen molar-refractivity contribution in [2.45, 2.75) is 44.1 Å². The van der Waals surface area contributed by atoms with Gasteiger partial charge in [0, 0.05) is 23.7 Å². The molecule has 2 heterocycles. The van der Waals surface area contributed by atoms with Gasteiger partial charge in [0.15, 0.2) is 5.17 Å². The number of nitrogens with two attached hydrogens (primary N) is 1. The molecule has 0 saturated carbocycles. The van der Waals surface area contributed by atoms with Crippen LogP contribution in [0.2, 0.25) is 0 Å². The fraction of sp³-hybridized carbons (Fsp3) is 0.409. The van der Waals surface area contributed by atoms with E-state index in [2.05, 4.69) is 35.1 Å². The molecule has 2 atom stereocenters. The second kappa shape index (κ2) is 11.8. The third kappa shape index (κ3) is 8.06. The number of carbonyl (C=O) groups is 2. The van der Waals surface area contributed by atoms with Gasteiger partial charge in [-0.25, -0.2) is 19.6 Å². The van der Waals surface area contributed by atoms with Crippen LogP contribution in [-0.4, -0.2) is 55.4 Å². The number of aliphatic imine (C=N–C) groups is 1. The topological polar surface area (TPSA) is 139 Å². The molecule has 202 valence electrons. The maximum atomic E-state index is 10.6. The van der Waals surface area contributed by atoms with E-state index in [1.54, 1.807) is 18.1 Å². The number of aromatic nitrogens is 2. The Morgan fingerprint density at radius 2 is 1.57 bits per heavy atom. The number of nitrogens with zero attached hydrogens (tertiary/aromatic N) is 3. The summed E-state index contributed by atoms with van der Waals surface area (Å²) in [4.78, 5) is 31.0. The van der Waals surface area contributed by atoms with E-state index in [0.717, 1.165) is 23.3 Å². The molecule has 4 rings (SSSR count). The Bertz CT molecular complexity index is 1120. The molecule has 0 fully saturated rings. The molecule has 0 saturated heterocycles. The standard InChI is InChI=1S/C18H20N4S.2C2HF3O2/c1-18-15(10-23-17(19)22-18)4-2-3-12-5-6-13(7-16(12)18)14-8-20-11-21-9-14;2*3-2(4,5)1(6)7/h5-9,11,15H,2-4,10H2,1H3,(H2,19,22);2*(H,6,7)/t15-,18+;;/m1../s1. The lowest BCUT2D eigenvalue weighted by atomic mass is 9.78. The van der Waals surface area contributed by atoms with Crippen molar-refractivity contribution in [2.24, 2.45) is 16.6 Å². The van der Waals surface area contributed by atoms with Crippen molar-refractivity contribution in [3.8, 4) is 11.1 Å². The van der Waals surface area contributed by atoms with Gasteiger partial charge in [-0.05, 0) is 54.9 Å². The maximum Gasteiger partial charge on any atom is 0.490 e. The highest BCUT2D eigenvalue weighted by atomic mass is 32.2. The van der Waals surface area contributed by atoms with Crippen LogP contribution in [0.4, 0.5) is 26.3 Å². The molecule has 1 aliphatic heterocycles. The molecule has 0 spiro atoms. The molecule has 1 aliphatic carbocycles. The molecular weight excluding hydrogens is 530 g/mol. The number of hydrogen-bond acceptors (Lipinski definition) is 7. The average molecular weight is 552 g/mol. The zero-order valence-corrected chi connectivity index (χ0v) is 20.0. The highest BCUT2D eigenvalue weighted by Gasteiger charge is 2.42. The summed E-state index contributed by atoms with van der Waals surface area (Å²) in [7, 11) is 0. The van der Waals surface area contributed by atoms with E-state index >= 15 is 0 Å². The first-order valence-electron chi connectivity index (χ1n) is 10.5. The monoisotopic (exact) mass is 552 g/mol. The third-order valence-corrected chi connectivity index (χ3v) is 6.56. The van der Waals surface area contributed by atoms with Crippen LogP contribution in [0.3, 0.4) is 0 Å². The Balaban J connectivity index is 0.000000286. The van der Waals surface area contributed by atoms with Gasteiger partial charge in [-0.2, -0.15) is 26.3 Å². The van der Waals surface area contributed by atoms with Crippen molar-refractivity contribution in [2.75, 3.05) is 5.75 Å². The van der Waals surface area contributed by atoms with E-state index in [1.807, 2.05) is 12.4 Å². The van der Waals surface area contributed by atoms with Gasteiger partial charge in [-0.15, -0.1) is 0 Å². The number of aryl methyl sites for hydroxylation is 1. The first-order valence-corrected chi connectivity index (χ1v) is 11.5. The highest BCUT2D eigenvalue weighted by Crippen LogP contribution is 2.46. The van der Waals surface area contributed by atoms with Gasteiger partial charge < -0.3 is 15.9 Å². The Hall–Kier alpha value is -3.36. The summed E-state index contributed by atoms with van der Waals surface area (Å²) in [6.45, 7) is 2.25. The smallest absolute Gasteiger partial charge is 0.475 e. The van der Waals surface area contributed by atoms with Crippen LogP contribution in [0, 0.1) is 5.92 Å². The summed E-state index contributed by atoms with van der Waals surface area (Å²) >= 11 is 1.69. The van der Waals surface area contributed by atoms with Gasteiger partial charge in [-0.3, -0.25) is 4.99 Å². The second-order valence-corrected chi connectivity index (χ2v) is 9.14. The van der Waals surface area contributed by atoms with E-state index in [0.29, 0.717) is 11.1 Å². The van der Waals surface area contributed by atoms with Crippen LogP contribution in [-0.2, 0) is 21.5 Å². The summed E-state index contributed by atoms with van der Waals surface area (Å²) in [5, 5.41) is 15.0. The van der Waals surface area contributed by atoms with Crippen molar-refractivity contribution in [1.29, 1.82) is 0 Å². The highest BCUT2D eigenvalue weighted by molar-refractivity contribution is 8.13. The Kier molecular flexibility index (Phi) is 9.52. The number of aliphatic carboxylic acids is 2. The first kappa shape index (κ1) is 29.9. The summed E-state index contributed by atoms with van der Waals surface area (Å²) in [5.41, 5.74) is 10.8. The number of alkyl halides is 6. The van der Waals surface area contributed by atoms with Gasteiger partial charge in [-0.1, -0.05) is 23.9 Å². The van der Waals surface area contributed by atoms with Gasteiger partial charge in [0.2, 0.25) is 0 Å². The number of carboxylic acids is 2. The first-order chi connectivity index (χ1) is 17.1. The molecule has 1 aromatic heterocycles. The largest absolute Gasteiger partial charge is 0.490 e. The molecule has 0 bridgehead atoms. The fourth-order valence-corrected chi connectivity index (χ4v) is 4.89. The minimum Gasteiger partial charge on any atom is -0.475 e. The summed E-state index contributed by atoms with van der Waals surface area (Å²) in [5.74, 6) is -3.91. The average Bonchev–Trinajstić information content (AvgIpc) is 2.94. The van der Waals surface area contributed by atoms with E-state index in [4.69, 9.17) is 30.5 Å². The minimum atomic E-state index is -5.08. The molecule has 0 unspecified atom stereocenters. The van der Waals surface area contributed by atoms with Crippen molar-refractivity contribution in [3.05, 3.63) is 48.0 Å². The van der Waals surface area contributed by atoms with E-state index in [-0.39, 0.29) is 5.54 Å². The van der Waals surface area contributed by atoms with Crippen LogP contribution in [0.5, 0.6) is 0 Å². The number of thioether (sulfide) groups is 1. The van der Waals surface area contributed by atoms with E-state index in [1.165, 1.54) is 24.0 Å². The molecule has 0 amide bonds. The molecule has 0 radical (unpaired) electrons. The van der Waals surface area contributed by atoms with Gasteiger partial charge >= 0.3 is 24.3 Å². The van der Waals surface area contributed by atoms with Crippen LogP contribution in [0.25, 0.3) is 11.1 Å². The number of halogens is 6. The van der Waals surface area contributed by atoms with Crippen LogP contribution < -0.4 is 5.73 Å². The predicted molar refractivity (Wildman–Crippen MR) is 123 cm³/mol. The lowest BCUT2D eigenvalue weighted by Crippen LogP contribution is -2.37. The Labute approximate surface area is 211 Å². The number of hydrogen-bond donors (Lipinski definition) is 3. The van der Waals surface area contributed by atoms with Gasteiger partial charge in [0.1, 0.15) is 6.33 Å². The number of fused-ring (bicyclic) bond motifs is 3. The Morgan fingerprint density at radius 3 is 2.08 bits per heavy atom. The van der Waals surface area contributed by atoms with Crippen LogP contribution in [0.15, 0.2) is 41.9 Å². The zero-order valence-electron chi connectivity index (χ0n) is 19.2. The van der Waals surface area contributed by atoms with E-state index < -0.39 is 24.3 Å². The second-order valence-electron chi connectivity index (χ2n) is 8.10. The lowest BCUT2D eigenvalue weighted by Gasteiger charge is -2.37. The third-order valence-electron chi connectivity index (χ3n) is 5.60. The molecule has 37 heavy (non-hydrogen) atoms. The number of amidine groups is 1. The van der Waals surface area contributed by atoms with Gasteiger partial charge in [0.25, 0.3) is 0 Å². The molecular formula is C22H22F6N4O4S. The van der Waals surface area contributed by atoms with Crippen molar-refractivity contribution >= 4 is 28.9 Å². The molecule has 8 nitrogen and oxygen atoms in total. The number of benzene rings is 1. The lowest BCUT2D eigenvalue weighted by molar-refractivity contribution is -0.193. The van der Waals surface area contributed by atoms with Crippen molar-refractivity contribution in [3.63, 3.8) is 0 Å². The predicted octanol–water partition coefficient (Wildman–Crippen LogP) is 4.64. The number of carboxylic acid groups (broad SMARTS) is 2. The summed E-state index contributed by atoms with van der Waals surface area (Å²) in [6, 6.07) is 6.70. The van der Waals surface area contributed by atoms with Crippen LogP contribution >= 0.6 is 11.8 Å². The Morgan fingerprint density at radius 1 is 1.03 bits per heavy atom. The molecule has 1 aromatic carbocycles. The SMILES string of the molecule is C[C@]12N=C(N)SC[C@H]1CCCc1ccc(-c3cncnc3)cc12.O=C(O)C(F)(F)F.O=C(O)C(F)(F)F. The zero-order chi connectivity index (χ0) is 28.0. The van der Waals surface area contributed by atoms with Gasteiger partial charge in [0.05, 0.1) is 5.54 Å². The maximum absolute atomic E-state index is 10.6. The quantitative estimate of drug-likeness (QED) is 0.435. The molecule has 15 heteroatoms. The number of rotatable bonds is 1. The van der Waals surface area contributed by atoms with Crippen molar-refractivity contribution < 1.29 is 46.1 Å². The van der Waals surface area contributed by atoms with Crippen LogP contribution in [0.1, 0.15) is 30.9 Å². The fourth-order valence-electron chi connectivity index (χ4n) is 3.78. The molecule has 2 aliphatic rings.